The highest BCUT2D eigenvalue weighted by Crippen LogP contribution is 2.43. The van der Waals surface area contributed by atoms with Crippen molar-refractivity contribution >= 4 is 5.69 Å². The van der Waals surface area contributed by atoms with Crippen molar-refractivity contribution in [1.29, 1.82) is 0 Å². The third-order valence-electron chi connectivity index (χ3n) is 9.02. The Morgan fingerprint density at radius 1 is 0.929 bits per heavy atom. The molecule has 1 N–H and O–H groups in total. The quantitative estimate of drug-likeness (QED) is 0.266. The Morgan fingerprint density at radius 3 is 2.40 bits per heavy atom. The number of phenolic OH excluding ortho intramolecular Hbond substituents is 1. The summed E-state index contributed by atoms with van der Waals surface area (Å²) in [5, 5.41) is 9.95. The van der Waals surface area contributed by atoms with Gasteiger partial charge < -0.3 is 24.2 Å². The van der Waals surface area contributed by atoms with E-state index in [9.17, 15) is 5.11 Å². The van der Waals surface area contributed by atoms with Crippen molar-refractivity contribution < 1.29 is 23.7 Å². The van der Waals surface area contributed by atoms with Crippen LogP contribution in [-0.2, 0) is 19.4 Å². The zero-order valence-corrected chi connectivity index (χ0v) is 25.5. The highest BCUT2D eigenvalue weighted by atomic mass is 19.1. The van der Waals surface area contributed by atoms with Crippen LogP contribution in [0, 0.1) is 11.7 Å². The van der Waals surface area contributed by atoms with Crippen LogP contribution in [0.15, 0.2) is 48.5 Å². The molecule has 0 unspecified atom stereocenters. The molecule has 3 aromatic rings. The molecule has 0 radical (unpaired) electrons. The smallest absolute Gasteiger partial charge is 0.165 e. The van der Waals surface area contributed by atoms with Gasteiger partial charge in [0, 0.05) is 31.4 Å². The number of ether oxygens (including phenoxy) is 3. The molecule has 1 aliphatic heterocycles. The second kappa shape index (κ2) is 13.7. The lowest BCUT2D eigenvalue weighted by atomic mass is 9.79. The van der Waals surface area contributed by atoms with Crippen LogP contribution in [-0.4, -0.2) is 57.0 Å². The molecule has 2 aliphatic rings. The maximum atomic E-state index is 15.2. The zero-order valence-electron chi connectivity index (χ0n) is 25.5. The van der Waals surface area contributed by atoms with Gasteiger partial charge in [0.25, 0.3) is 0 Å². The largest absolute Gasteiger partial charge is 0.508 e. The lowest BCUT2D eigenvalue weighted by Crippen LogP contribution is -2.35. The second-order valence-electron chi connectivity index (χ2n) is 11.8. The lowest BCUT2D eigenvalue weighted by Gasteiger charge is -2.32. The fraction of sp³-hybridized carbons (Fsp3) is 0.486. The monoisotopic (exact) mass is 576 g/mol. The van der Waals surface area contributed by atoms with Gasteiger partial charge in [0.1, 0.15) is 12.4 Å². The summed E-state index contributed by atoms with van der Waals surface area (Å²) in [7, 11) is 3.32. The molecule has 0 aromatic heterocycles. The third-order valence-corrected chi connectivity index (χ3v) is 9.02. The minimum atomic E-state index is -0.324. The van der Waals surface area contributed by atoms with E-state index in [1.807, 2.05) is 18.2 Å². The minimum Gasteiger partial charge on any atom is -0.508 e. The first-order chi connectivity index (χ1) is 20.4. The molecular weight excluding hydrogens is 531 g/mol. The summed E-state index contributed by atoms with van der Waals surface area (Å²) in [6.07, 6.45) is 5.19. The van der Waals surface area contributed by atoms with E-state index in [0.29, 0.717) is 36.1 Å². The molecule has 42 heavy (non-hydrogen) atoms. The predicted molar refractivity (Wildman–Crippen MR) is 166 cm³/mol. The van der Waals surface area contributed by atoms with Gasteiger partial charge >= 0.3 is 0 Å². The van der Waals surface area contributed by atoms with Gasteiger partial charge in [-0.1, -0.05) is 19.1 Å². The number of fused-ring (bicyclic) bond motifs is 1. The molecule has 7 heteroatoms. The van der Waals surface area contributed by atoms with Crippen LogP contribution in [0.3, 0.4) is 0 Å². The van der Waals surface area contributed by atoms with Crippen LogP contribution in [0.25, 0.3) is 0 Å². The van der Waals surface area contributed by atoms with Crippen molar-refractivity contribution in [2.75, 3.05) is 51.9 Å². The SMILES string of the molecule is CCN(Cc1ccc(OCCN2CCC(C)CC2)c(F)c1)c1cc(OC)c(OC)cc1[C@@H]1CCc2cc(O)ccc2C1. The molecular formula is C35H45FN2O4. The lowest BCUT2D eigenvalue weighted by molar-refractivity contribution is 0.158. The van der Waals surface area contributed by atoms with Crippen molar-refractivity contribution in [2.45, 2.75) is 58.4 Å². The van der Waals surface area contributed by atoms with E-state index in [1.165, 1.54) is 29.5 Å². The minimum absolute atomic E-state index is 0.279. The number of phenols is 1. The van der Waals surface area contributed by atoms with Crippen molar-refractivity contribution in [3.05, 3.63) is 76.6 Å². The summed E-state index contributed by atoms with van der Waals surface area (Å²) in [5.74, 6) is 2.75. The average Bonchev–Trinajstić information content (AvgIpc) is 3.01. The van der Waals surface area contributed by atoms with E-state index in [4.69, 9.17) is 14.2 Å². The molecule has 1 heterocycles. The first-order valence-corrected chi connectivity index (χ1v) is 15.3. The summed E-state index contributed by atoms with van der Waals surface area (Å²) in [6.45, 7) is 9.22. The van der Waals surface area contributed by atoms with E-state index in [-0.39, 0.29) is 11.7 Å². The Kier molecular flexibility index (Phi) is 9.78. The molecule has 226 valence electrons. The van der Waals surface area contributed by atoms with E-state index < -0.39 is 0 Å². The van der Waals surface area contributed by atoms with Crippen LogP contribution >= 0.6 is 0 Å². The third kappa shape index (κ3) is 6.95. The molecule has 0 saturated carbocycles. The summed E-state index contributed by atoms with van der Waals surface area (Å²) < 4.78 is 32.4. The van der Waals surface area contributed by atoms with Gasteiger partial charge in [-0.3, -0.25) is 4.90 Å². The molecule has 3 aromatic carbocycles. The van der Waals surface area contributed by atoms with Crippen molar-refractivity contribution in [3.8, 4) is 23.0 Å². The number of hydrogen-bond donors (Lipinski definition) is 1. The summed E-state index contributed by atoms with van der Waals surface area (Å²) in [4.78, 5) is 4.68. The van der Waals surface area contributed by atoms with Crippen LogP contribution in [0.4, 0.5) is 10.1 Å². The van der Waals surface area contributed by atoms with Gasteiger partial charge in [-0.15, -0.1) is 0 Å². The number of aromatic hydroxyl groups is 1. The van der Waals surface area contributed by atoms with Crippen LogP contribution in [0.5, 0.6) is 23.0 Å². The Morgan fingerprint density at radius 2 is 1.69 bits per heavy atom. The first kappa shape index (κ1) is 30.0. The summed E-state index contributed by atoms with van der Waals surface area (Å²) in [5.41, 5.74) is 5.63. The van der Waals surface area contributed by atoms with Gasteiger partial charge in [-0.2, -0.15) is 0 Å². The normalized spacial score (nSPS) is 17.5. The fourth-order valence-electron chi connectivity index (χ4n) is 6.41. The number of anilines is 1. The molecule has 0 bridgehead atoms. The van der Waals surface area contributed by atoms with E-state index in [2.05, 4.69) is 35.8 Å². The molecule has 1 atom stereocenters. The first-order valence-electron chi connectivity index (χ1n) is 15.3. The average molecular weight is 577 g/mol. The zero-order chi connectivity index (χ0) is 29.6. The molecule has 1 aliphatic carbocycles. The van der Waals surface area contributed by atoms with E-state index in [0.717, 1.165) is 62.6 Å². The molecule has 6 nitrogen and oxygen atoms in total. The van der Waals surface area contributed by atoms with Gasteiger partial charge in [0.05, 0.1) is 14.2 Å². The van der Waals surface area contributed by atoms with Crippen molar-refractivity contribution in [2.24, 2.45) is 5.92 Å². The van der Waals surface area contributed by atoms with Gasteiger partial charge in [0.15, 0.2) is 23.1 Å². The molecule has 1 saturated heterocycles. The van der Waals surface area contributed by atoms with Crippen LogP contribution in [0.1, 0.15) is 61.3 Å². The topological polar surface area (TPSA) is 54.4 Å². The summed E-state index contributed by atoms with van der Waals surface area (Å²) >= 11 is 0. The van der Waals surface area contributed by atoms with E-state index >= 15 is 4.39 Å². The van der Waals surface area contributed by atoms with Crippen LogP contribution in [0.2, 0.25) is 0 Å². The Balaban J connectivity index is 1.33. The molecule has 1 fully saturated rings. The highest BCUT2D eigenvalue weighted by Gasteiger charge is 2.26. The number of nitrogens with zero attached hydrogens (tertiary/aromatic N) is 2. The highest BCUT2D eigenvalue weighted by molar-refractivity contribution is 5.64. The number of aryl methyl sites for hydroxylation is 1. The van der Waals surface area contributed by atoms with E-state index in [1.54, 1.807) is 32.4 Å². The number of hydrogen-bond acceptors (Lipinski definition) is 6. The second-order valence-corrected chi connectivity index (χ2v) is 11.8. The van der Waals surface area contributed by atoms with Crippen LogP contribution < -0.4 is 19.1 Å². The predicted octanol–water partition coefficient (Wildman–Crippen LogP) is 6.96. The molecule has 0 spiro atoms. The van der Waals surface area contributed by atoms with Crippen molar-refractivity contribution in [1.82, 2.24) is 4.90 Å². The van der Waals surface area contributed by atoms with Gasteiger partial charge in [-0.25, -0.2) is 4.39 Å². The molecule has 0 amide bonds. The molecule has 5 rings (SSSR count). The number of piperidine rings is 1. The maximum absolute atomic E-state index is 15.2. The Bertz CT molecular complexity index is 1360. The number of likely N-dealkylation sites (tertiary alicyclic amines) is 1. The Hall–Kier alpha value is -3.45. The Labute approximate surface area is 250 Å². The maximum Gasteiger partial charge on any atom is 0.165 e. The summed E-state index contributed by atoms with van der Waals surface area (Å²) in [6, 6.07) is 15.2. The number of halogens is 1. The number of benzene rings is 3. The standard InChI is InChI=1S/C35H45FN2O4/c1-5-38(23-25-6-11-33(31(36)18-25)42-17-16-37-14-12-24(2)13-15-37)32-22-35(41-4)34(40-3)21-30(32)28-8-7-27-20-29(39)10-9-26(27)19-28/h6,9-11,18,20-22,24,28,39H,5,7-8,12-17,19,23H2,1-4H3/t28-/m1/s1. The van der Waals surface area contributed by atoms with Gasteiger partial charge in [0.2, 0.25) is 0 Å². The fourth-order valence-corrected chi connectivity index (χ4v) is 6.41. The number of methoxy groups -OCH3 is 2. The van der Waals surface area contributed by atoms with Gasteiger partial charge in [-0.05, 0) is 117 Å². The number of rotatable bonds is 11. The van der Waals surface area contributed by atoms with Crippen molar-refractivity contribution in [3.63, 3.8) is 0 Å².